The third-order valence-electron chi connectivity index (χ3n) is 4.45. The number of benzene rings is 1. The normalized spacial score (nSPS) is 21.1. The molecule has 0 saturated heterocycles. The lowest BCUT2D eigenvalue weighted by atomic mass is 9.84. The number of fused-ring (bicyclic) bond motifs is 1. The zero-order valence-electron chi connectivity index (χ0n) is 12.9. The molecule has 1 N–H and O–H groups in total. The highest BCUT2D eigenvalue weighted by atomic mass is 16.5. The summed E-state index contributed by atoms with van der Waals surface area (Å²) >= 11 is 0. The molecule has 1 aliphatic heterocycles. The summed E-state index contributed by atoms with van der Waals surface area (Å²) in [7, 11) is 2.05. The molecule has 0 bridgehead atoms. The van der Waals surface area contributed by atoms with Crippen molar-refractivity contribution in [2.24, 2.45) is 11.8 Å². The number of aryl methyl sites for hydroxylation is 1. The predicted molar refractivity (Wildman–Crippen MR) is 80.8 cm³/mol. The highest BCUT2D eigenvalue weighted by molar-refractivity contribution is 5.40. The Bertz CT molecular complexity index is 427. The third kappa shape index (κ3) is 3.30. The fraction of sp³-hybridized carbons (Fsp3) is 0.647. The van der Waals surface area contributed by atoms with Crippen LogP contribution in [0.1, 0.15) is 38.3 Å². The molecule has 1 aliphatic rings. The van der Waals surface area contributed by atoms with Gasteiger partial charge in [0.15, 0.2) is 0 Å². The van der Waals surface area contributed by atoms with Crippen LogP contribution in [0.2, 0.25) is 0 Å². The molecule has 3 unspecified atom stereocenters. The molecule has 2 rings (SSSR count). The fourth-order valence-corrected chi connectivity index (χ4v) is 3.15. The molecule has 3 atom stereocenters. The van der Waals surface area contributed by atoms with Gasteiger partial charge in [0.1, 0.15) is 11.9 Å². The topological polar surface area (TPSA) is 21.3 Å². The summed E-state index contributed by atoms with van der Waals surface area (Å²) in [6.07, 6.45) is 2.55. The summed E-state index contributed by atoms with van der Waals surface area (Å²) in [6, 6.07) is 7.06. The molecule has 0 spiro atoms. The van der Waals surface area contributed by atoms with Crippen molar-refractivity contribution in [3.63, 3.8) is 0 Å². The molecular formula is C17H27NO. The van der Waals surface area contributed by atoms with E-state index in [4.69, 9.17) is 4.74 Å². The predicted octanol–water partition coefficient (Wildman–Crippen LogP) is 3.57. The van der Waals surface area contributed by atoms with E-state index in [0.29, 0.717) is 24.0 Å². The van der Waals surface area contributed by atoms with Crippen LogP contribution >= 0.6 is 0 Å². The smallest absolute Gasteiger partial charge is 0.123 e. The zero-order chi connectivity index (χ0) is 14.0. The van der Waals surface area contributed by atoms with Crippen molar-refractivity contribution in [1.82, 2.24) is 5.32 Å². The van der Waals surface area contributed by atoms with Crippen LogP contribution in [0.4, 0.5) is 0 Å². The second kappa shape index (κ2) is 5.96. The molecule has 1 aromatic carbocycles. The Morgan fingerprint density at radius 1 is 1.32 bits per heavy atom. The molecule has 2 nitrogen and oxygen atoms in total. The van der Waals surface area contributed by atoms with Gasteiger partial charge < -0.3 is 10.1 Å². The Morgan fingerprint density at radius 3 is 2.68 bits per heavy atom. The lowest BCUT2D eigenvalue weighted by molar-refractivity contribution is 0.156. The molecule has 0 radical (unpaired) electrons. The maximum atomic E-state index is 6.11. The fourth-order valence-electron chi connectivity index (χ4n) is 3.15. The van der Waals surface area contributed by atoms with Gasteiger partial charge >= 0.3 is 0 Å². The van der Waals surface area contributed by atoms with E-state index in [2.05, 4.69) is 51.2 Å². The number of nitrogens with one attached hydrogen (secondary N) is 1. The molecular weight excluding hydrogens is 234 g/mol. The molecule has 0 saturated carbocycles. The molecule has 0 amide bonds. The summed E-state index contributed by atoms with van der Waals surface area (Å²) in [5.74, 6) is 2.43. The molecule has 0 aromatic heterocycles. The monoisotopic (exact) mass is 261 g/mol. The van der Waals surface area contributed by atoms with Crippen LogP contribution in [0.5, 0.6) is 5.75 Å². The summed E-state index contributed by atoms with van der Waals surface area (Å²) in [5, 5.41) is 3.40. The van der Waals surface area contributed by atoms with Gasteiger partial charge in [-0.2, -0.15) is 0 Å². The van der Waals surface area contributed by atoms with Gasteiger partial charge in [0, 0.05) is 12.5 Å². The highest BCUT2D eigenvalue weighted by Crippen LogP contribution is 2.33. The second-order valence-electron chi connectivity index (χ2n) is 6.28. The maximum absolute atomic E-state index is 6.11. The largest absolute Gasteiger partial charge is 0.490 e. The number of hydrogen-bond donors (Lipinski definition) is 1. The minimum atomic E-state index is 0.347. The van der Waals surface area contributed by atoms with Crippen molar-refractivity contribution in [3.8, 4) is 5.75 Å². The van der Waals surface area contributed by atoms with Crippen LogP contribution in [0.25, 0.3) is 0 Å². The minimum Gasteiger partial charge on any atom is -0.490 e. The summed E-state index contributed by atoms with van der Waals surface area (Å²) in [5.41, 5.74) is 2.71. The molecule has 0 aliphatic carbocycles. The van der Waals surface area contributed by atoms with Gasteiger partial charge in [-0.05, 0) is 50.8 Å². The first-order valence-electron chi connectivity index (χ1n) is 7.44. The van der Waals surface area contributed by atoms with Crippen molar-refractivity contribution in [3.05, 3.63) is 29.3 Å². The molecule has 1 heterocycles. The van der Waals surface area contributed by atoms with Crippen LogP contribution in [-0.2, 0) is 6.42 Å². The van der Waals surface area contributed by atoms with Crippen molar-refractivity contribution < 1.29 is 4.74 Å². The Kier molecular flexibility index (Phi) is 4.51. The summed E-state index contributed by atoms with van der Waals surface area (Å²) in [4.78, 5) is 0. The van der Waals surface area contributed by atoms with E-state index >= 15 is 0 Å². The molecule has 19 heavy (non-hydrogen) atoms. The summed E-state index contributed by atoms with van der Waals surface area (Å²) in [6.45, 7) is 9.04. The van der Waals surface area contributed by atoms with E-state index in [9.17, 15) is 0 Å². The molecule has 1 aromatic rings. The van der Waals surface area contributed by atoms with Crippen molar-refractivity contribution in [1.29, 1.82) is 0 Å². The molecule has 0 fully saturated rings. The van der Waals surface area contributed by atoms with Crippen LogP contribution in [0, 0.1) is 18.8 Å². The van der Waals surface area contributed by atoms with Gasteiger partial charge in [-0.15, -0.1) is 0 Å². The van der Waals surface area contributed by atoms with Gasteiger partial charge in [-0.25, -0.2) is 0 Å². The Labute approximate surface area is 117 Å². The average molecular weight is 261 g/mol. The van der Waals surface area contributed by atoms with Crippen LogP contribution < -0.4 is 10.1 Å². The van der Waals surface area contributed by atoms with Gasteiger partial charge in [0.2, 0.25) is 0 Å². The Hall–Kier alpha value is -1.02. The van der Waals surface area contributed by atoms with E-state index in [1.807, 2.05) is 7.05 Å². The van der Waals surface area contributed by atoms with Crippen LogP contribution in [-0.4, -0.2) is 19.2 Å². The number of ether oxygens (including phenoxy) is 1. The van der Waals surface area contributed by atoms with E-state index < -0.39 is 0 Å². The zero-order valence-corrected chi connectivity index (χ0v) is 12.9. The quantitative estimate of drug-likeness (QED) is 0.875. The standard InChI is InChI=1S/C17H27NO/c1-11(2)16(13(4)18-5)10-15-9-14-8-12(3)6-7-17(14)19-15/h6-8,11,13,15-16,18H,9-10H2,1-5H3. The van der Waals surface area contributed by atoms with Crippen LogP contribution in [0.15, 0.2) is 18.2 Å². The van der Waals surface area contributed by atoms with Crippen molar-refractivity contribution in [2.75, 3.05) is 7.05 Å². The SMILES string of the molecule is CNC(C)C(CC1Cc2cc(C)ccc2O1)C(C)C. The van der Waals surface area contributed by atoms with Gasteiger partial charge in [0.05, 0.1) is 0 Å². The first kappa shape index (κ1) is 14.4. The van der Waals surface area contributed by atoms with Crippen molar-refractivity contribution >= 4 is 0 Å². The average Bonchev–Trinajstić information content (AvgIpc) is 2.76. The number of rotatable bonds is 5. The van der Waals surface area contributed by atoms with E-state index in [0.717, 1.165) is 18.6 Å². The van der Waals surface area contributed by atoms with E-state index in [1.54, 1.807) is 0 Å². The van der Waals surface area contributed by atoms with Crippen molar-refractivity contribution in [2.45, 2.75) is 52.7 Å². The van der Waals surface area contributed by atoms with E-state index in [-0.39, 0.29) is 0 Å². The maximum Gasteiger partial charge on any atom is 0.123 e. The summed E-state index contributed by atoms with van der Waals surface area (Å²) < 4.78 is 6.11. The third-order valence-corrected chi connectivity index (χ3v) is 4.45. The lowest BCUT2D eigenvalue weighted by Gasteiger charge is -2.29. The lowest BCUT2D eigenvalue weighted by Crippen LogP contribution is -2.36. The first-order chi connectivity index (χ1) is 9.01. The highest BCUT2D eigenvalue weighted by Gasteiger charge is 2.29. The van der Waals surface area contributed by atoms with Gasteiger partial charge in [-0.1, -0.05) is 31.5 Å². The molecule has 2 heteroatoms. The second-order valence-corrected chi connectivity index (χ2v) is 6.28. The minimum absolute atomic E-state index is 0.347. The first-order valence-corrected chi connectivity index (χ1v) is 7.44. The Morgan fingerprint density at radius 2 is 2.05 bits per heavy atom. The Balaban J connectivity index is 2.02. The van der Waals surface area contributed by atoms with Gasteiger partial charge in [-0.3, -0.25) is 0 Å². The molecule has 106 valence electrons. The van der Waals surface area contributed by atoms with Gasteiger partial charge in [0.25, 0.3) is 0 Å². The van der Waals surface area contributed by atoms with Crippen LogP contribution in [0.3, 0.4) is 0 Å². The number of hydrogen-bond acceptors (Lipinski definition) is 2. The van der Waals surface area contributed by atoms with E-state index in [1.165, 1.54) is 11.1 Å².